The summed E-state index contributed by atoms with van der Waals surface area (Å²) < 4.78 is 6.36. The minimum Gasteiger partial charge on any atom is -0.377 e. The van der Waals surface area contributed by atoms with Crippen molar-refractivity contribution in [1.29, 1.82) is 0 Å². The van der Waals surface area contributed by atoms with Crippen LogP contribution in [0.3, 0.4) is 0 Å². The first-order valence-electron chi connectivity index (χ1n) is 8.22. The SMILES string of the molecule is CN(C)c1ccccc1C(OCc1ccccc1)c1ccccc1. The van der Waals surface area contributed by atoms with Gasteiger partial charge in [0.05, 0.1) is 6.61 Å². The lowest BCUT2D eigenvalue weighted by Crippen LogP contribution is -2.15. The number of para-hydroxylation sites is 1. The summed E-state index contributed by atoms with van der Waals surface area (Å²) in [5, 5.41) is 0. The Kier molecular flexibility index (Phi) is 5.29. The molecular formula is C22H23NO. The molecule has 0 saturated carbocycles. The largest absolute Gasteiger partial charge is 0.377 e. The molecule has 0 aliphatic rings. The van der Waals surface area contributed by atoms with Crippen LogP contribution in [0.25, 0.3) is 0 Å². The van der Waals surface area contributed by atoms with Crippen LogP contribution in [-0.2, 0) is 11.3 Å². The van der Waals surface area contributed by atoms with Gasteiger partial charge in [-0.05, 0) is 17.2 Å². The van der Waals surface area contributed by atoms with Crippen molar-refractivity contribution in [1.82, 2.24) is 0 Å². The zero-order valence-corrected chi connectivity index (χ0v) is 14.2. The third kappa shape index (κ3) is 3.84. The molecular weight excluding hydrogens is 294 g/mol. The molecule has 0 saturated heterocycles. The highest BCUT2D eigenvalue weighted by molar-refractivity contribution is 5.55. The van der Waals surface area contributed by atoms with Gasteiger partial charge in [-0.3, -0.25) is 0 Å². The zero-order valence-electron chi connectivity index (χ0n) is 14.2. The predicted octanol–water partition coefficient (Wildman–Crippen LogP) is 5.06. The van der Waals surface area contributed by atoms with Crippen molar-refractivity contribution < 1.29 is 4.74 Å². The van der Waals surface area contributed by atoms with E-state index in [9.17, 15) is 0 Å². The normalized spacial score (nSPS) is 11.9. The maximum absolute atomic E-state index is 6.36. The molecule has 2 heteroatoms. The average molecular weight is 317 g/mol. The number of rotatable bonds is 6. The summed E-state index contributed by atoms with van der Waals surface area (Å²) in [6.07, 6.45) is -0.0926. The monoisotopic (exact) mass is 317 g/mol. The number of ether oxygens (including phenoxy) is 1. The highest BCUT2D eigenvalue weighted by Crippen LogP contribution is 2.33. The molecule has 0 spiro atoms. The van der Waals surface area contributed by atoms with Crippen molar-refractivity contribution in [3.05, 3.63) is 102 Å². The third-order valence-electron chi connectivity index (χ3n) is 4.06. The number of hydrogen-bond donors (Lipinski definition) is 0. The van der Waals surface area contributed by atoms with Gasteiger partial charge in [-0.25, -0.2) is 0 Å². The molecule has 0 N–H and O–H groups in total. The number of hydrogen-bond acceptors (Lipinski definition) is 2. The van der Waals surface area contributed by atoms with Gasteiger partial charge in [-0.2, -0.15) is 0 Å². The van der Waals surface area contributed by atoms with E-state index in [1.54, 1.807) is 0 Å². The van der Waals surface area contributed by atoms with Gasteiger partial charge < -0.3 is 9.64 Å². The second-order valence-electron chi connectivity index (χ2n) is 6.04. The van der Waals surface area contributed by atoms with Crippen LogP contribution in [0.4, 0.5) is 5.69 Å². The lowest BCUT2D eigenvalue weighted by molar-refractivity contribution is 0.0670. The summed E-state index contributed by atoms with van der Waals surface area (Å²) in [6, 6.07) is 29.2. The van der Waals surface area contributed by atoms with Crippen molar-refractivity contribution in [2.24, 2.45) is 0 Å². The second-order valence-corrected chi connectivity index (χ2v) is 6.04. The summed E-state index contributed by atoms with van der Waals surface area (Å²) in [4.78, 5) is 2.14. The van der Waals surface area contributed by atoms with Gasteiger partial charge in [0.1, 0.15) is 6.10 Å². The molecule has 0 radical (unpaired) electrons. The van der Waals surface area contributed by atoms with Crippen LogP contribution >= 0.6 is 0 Å². The van der Waals surface area contributed by atoms with E-state index in [4.69, 9.17) is 4.74 Å². The maximum Gasteiger partial charge on any atom is 0.110 e. The highest BCUT2D eigenvalue weighted by Gasteiger charge is 2.19. The first-order valence-corrected chi connectivity index (χ1v) is 8.22. The molecule has 0 aliphatic carbocycles. The molecule has 3 aromatic carbocycles. The zero-order chi connectivity index (χ0) is 16.8. The summed E-state index contributed by atoms with van der Waals surface area (Å²) in [5.74, 6) is 0. The van der Waals surface area contributed by atoms with E-state index in [1.807, 2.05) is 24.3 Å². The lowest BCUT2D eigenvalue weighted by Gasteiger charge is -2.25. The van der Waals surface area contributed by atoms with Gasteiger partial charge in [0.25, 0.3) is 0 Å². The van der Waals surface area contributed by atoms with E-state index >= 15 is 0 Å². The molecule has 0 aromatic heterocycles. The van der Waals surface area contributed by atoms with Crippen LogP contribution in [0.5, 0.6) is 0 Å². The van der Waals surface area contributed by atoms with E-state index in [1.165, 1.54) is 22.4 Å². The van der Waals surface area contributed by atoms with Crippen LogP contribution in [-0.4, -0.2) is 14.1 Å². The first kappa shape index (κ1) is 16.3. The molecule has 0 aliphatic heterocycles. The van der Waals surface area contributed by atoms with Crippen molar-refractivity contribution >= 4 is 5.69 Å². The van der Waals surface area contributed by atoms with E-state index < -0.39 is 0 Å². The third-order valence-corrected chi connectivity index (χ3v) is 4.06. The first-order chi connectivity index (χ1) is 11.8. The minimum absolute atomic E-state index is 0.0926. The smallest absolute Gasteiger partial charge is 0.110 e. The fraction of sp³-hybridized carbons (Fsp3) is 0.182. The molecule has 0 bridgehead atoms. The number of nitrogens with zero attached hydrogens (tertiary/aromatic N) is 1. The Bertz CT molecular complexity index is 753. The number of benzene rings is 3. The minimum atomic E-state index is -0.0926. The van der Waals surface area contributed by atoms with Crippen molar-refractivity contribution in [3.63, 3.8) is 0 Å². The van der Waals surface area contributed by atoms with Crippen molar-refractivity contribution in [2.75, 3.05) is 19.0 Å². The summed E-state index contributed by atoms with van der Waals surface area (Å²) >= 11 is 0. The topological polar surface area (TPSA) is 12.5 Å². The molecule has 0 amide bonds. The van der Waals surface area contributed by atoms with Crippen LogP contribution in [0.2, 0.25) is 0 Å². The van der Waals surface area contributed by atoms with E-state index in [2.05, 4.69) is 79.7 Å². The molecule has 2 nitrogen and oxygen atoms in total. The molecule has 3 aromatic rings. The molecule has 24 heavy (non-hydrogen) atoms. The van der Waals surface area contributed by atoms with E-state index in [0.29, 0.717) is 6.61 Å². The molecule has 3 rings (SSSR count). The van der Waals surface area contributed by atoms with Crippen molar-refractivity contribution in [2.45, 2.75) is 12.7 Å². The average Bonchev–Trinajstić information content (AvgIpc) is 2.64. The second kappa shape index (κ2) is 7.80. The highest BCUT2D eigenvalue weighted by atomic mass is 16.5. The van der Waals surface area contributed by atoms with Gasteiger partial charge >= 0.3 is 0 Å². The number of anilines is 1. The van der Waals surface area contributed by atoms with Gasteiger partial charge in [0.2, 0.25) is 0 Å². The lowest BCUT2D eigenvalue weighted by atomic mass is 9.99. The predicted molar refractivity (Wildman–Crippen MR) is 100 cm³/mol. The molecule has 0 heterocycles. The Morgan fingerprint density at radius 3 is 2.00 bits per heavy atom. The molecule has 122 valence electrons. The van der Waals surface area contributed by atoms with Crippen LogP contribution in [0.15, 0.2) is 84.9 Å². The van der Waals surface area contributed by atoms with E-state index in [-0.39, 0.29) is 6.10 Å². The van der Waals surface area contributed by atoms with Gasteiger partial charge in [0.15, 0.2) is 0 Å². The van der Waals surface area contributed by atoms with Crippen LogP contribution in [0, 0.1) is 0 Å². The van der Waals surface area contributed by atoms with Crippen LogP contribution in [0.1, 0.15) is 22.8 Å². The Morgan fingerprint density at radius 2 is 1.33 bits per heavy atom. The fourth-order valence-electron chi connectivity index (χ4n) is 2.86. The quantitative estimate of drug-likeness (QED) is 0.630. The van der Waals surface area contributed by atoms with Gasteiger partial charge in [-0.15, -0.1) is 0 Å². The molecule has 0 fully saturated rings. The Balaban J connectivity index is 1.94. The fourth-order valence-corrected chi connectivity index (χ4v) is 2.86. The molecule has 1 unspecified atom stereocenters. The summed E-state index contributed by atoms with van der Waals surface area (Å²) in [7, 11) is 4.14. The Hall–Kier alpha value is -2.58. The van der Waals surface area contributed by atoms with E-state index in [0.717, 1.165) is 0 Å². The Labute approximate surface area is 144 Å². The van der Waals surface area contributed by atoms with Gasteiger partial charge in [-0.1, -0.05) is 78.9 Å². The maximum atomic E-state index is 6.36. The van der Waals surface area contributed by atoms with Crippen LogP contribution < -0.4 is 4.90 Å². The summed E-state index contributed by atoms with van der Waals surface area (Å²) in [6.45, 7) is 0.585. The summed E-state index contributed by atoms with van der Waals surface area (Å²) in [5.41, 5.74) is 4.72. The Morgan fingerprint density at radius 1 is 0.750 bits per heavy atom. The standard InChI is InChI=1S/C22H23NO/c1-23(2)21-16-10-9-15-20(21)22(19-13-7-4-8-14-19)24-17-18-11-5-3-6-12-18/h3-16,22H,17H2,1-2H3. The van der Waals surface area contributed by atoms with Gasteiger partial charge in [0, 0.05) is 25.3 Å². The van der Waals surface area contributed by atoms with Crippen molar-refractivity contribution in [3.8, 4) is 0 Å². The molecule has 1 atom stereocenters.